The molecule has 0 unspecified atom stereocenters. The first-order valence-corrected chi connectivity index (χ1v) is 21.7. The van der Waals surface area contributed by atoms with Gasteiger partial charge in [0, 0.05) is 96.5 Å². The number of fused-ring (bicyclic) bond motifs is 2. The van der Waals surface area contributed by atoms with Gasteiger partial charge in [-0.25, -0.2) is 19.6 Å². The molecule has 17 nitrogen and oxygen atoms in total. The fourth-order valence-corrected chi connectivity index (χ4v) is 6.77. The molecule has 4 heterocycles. The van der Waals surface area contributed by atoms with E-state index in [1.165, 1.54) is 20.6 Å². The smallest absolute Gasteiger partial charge is 0.332 e. The van der Waals surface area contributed by atoms with Crippen molar-refractivity contribution in [1.29, 1.82) is 0 Å². The maximum atomic E-state index is 13.2. The van der Waals surface area contributed by atoms with Gasteiger partial charge in [-0.1, -0.05) is 60.8 Å². The van der Waals surface area contributed by atoms with Crippen LogP contribution in [0.15, 0.2) is 67.7 Å². The lowest BCUT2D eigenvalue weighted by Gasteiger charge is -2.11. The number of benzene rings is 2. The Morgan fingerprint density at radius 3 is 1.24 bits per heavy atom. The van der Waals surface area contributed by atoms with Crippen molar-refractivity contribution in [3.63, 3.8) is 0 Å². The zero-order valence-corrected chi connectivity index (χ0v) is 38.5. The minimum atomic E-state index is -0.462. The van der Waals surface area contributed by atoms with Crippen LogP contribution in [0.4, 0.5) is 0 Å². The summed E-state index contributed by atoms with van der Waals surface area (Å²) in [4.78, 5) is 69.8. The van der Waals surface area contributed by atoms with Gasteiger partial charge in [0.15, 0.2) is 22.3 Å². The van der Waals surface area contributed by atoms with Crippen LogP contribution in [-0.4, -0.2) is 89.5 Å². The molecule has 0 aliphatic carbocycles. The van der Waals surface area contributed by atoms with Gasteiger partial charge < -0.3 is 29.6 Å². The molecule has 0 amide bonds. The van der Waals surface area contributed by atoms with Crippen LogP contribution in [0.2, 0.25) is 10.0 Å². The molecule has 6 aromatic rings. The number of aliphatic hydroxyl groups is 4. The number of halogens is 3. The van der Waals surface area contributed by atoms with E-state index in [4.69, 9.17) is 33.4 Å². The number of carbonyl (C=O) groups excluding carboxylic acids is 1. The number of nitrogens with zero attached hydrogens (tertiary/aromatic N) is 8. The number of hydrogen-bond donors (Lipinski definition) is 4. The van der Waals surface area contributed by atoms with E-state index in [1.807, 2.05) is 35.8 Å². The Kier molecular flexibility index (Phi) is 21.7. The largest absolute Gasteiger partial charge is 0.397 e. The molecule has 0 fully saturated rings. The molecule has 0 aliphatic heterocycles. The van der Waals surface area contributed by atoms with Crippen LogP contribution in [0.1, 0.15) is 75.7 Å². The van der Waals surface area contributed by atoms with Crippen molar-refractivity contribution in [2.24, 2.45) is 14.1 Å². The van der Waals surface area contributed by atoms with Gasteiger partial charge in [-0.3, -0.25) is 32.7 Å². The van der Waals surface area contributed by atoms with Crippen molar-refractivity contribution in [3.8, 4) is 0 Å². The third-order valence-corrected chi connectivity index (χ3v) is 10.0. The Balaban J connectivity index is 0.000000292. The van der Waals surface area contributed by atoms with Crippen molar-refractivity contribution in [2.45, 2.75) is 91.9 Å². The molecule has 0 saturated heterocycles. The van der Waals surface area contributed by atoms with E-state index >= 15 is 0 Å². The predicted molar refractivity (Wildman–Crippen MR) is 246 cm³/mol. The van der Waals surface area contributed by atoms with Crippen LogP contribution in [0.25, 0.3) is 22.3 Å². The molecule has 20 heteroatoms. The lowest BCUT2D eigenvalue weighted by Crippen LogP contribution is -2.40. The molecule has 4 N–H and O–H groups in total. The molecule has 0 aliphatic rings. The zero-order valence-electron chi connectivity index (χ0n) is 36.3. The number of rotatable bonds is 16. The first kappa shape index (κ1) is 52.5. The van der Waals surface area contributed by atoms with E-state index in [1.54, 1.807) is 49.9 Å². The molecule has 0 bridgehead atoms. The number of imidazole rings is 2. The molecule has 0 spiro atoms. The molecule has 0 saturated carbocycles. The zero-order chi connectivity index (χ0) is 46.8. The highest BCUT2D eigenvalue weighted by atomic mass is 35.5. The van der Waals surface area contributed by atoms with Gasteiger partial charge in [-0.15, -0.1) is 0 Å². The van der Waals surface area contributed by atoms with E-state index < -0.39 is 11.2 Å². The monoisotopic (exact) mass is 934 g/mol. The predicted octanol–water partition coefficient (Wildman–Crippen LogP) is 4.00. The quantitative estimate of drug-likeness (QED) is 0.102. The lowest BCUT2D eigenvalue weighted by atomic mass is 10.2. The van der Waals surface area contributed by atoms with Gasteiger partial charge >= 0.3 is 11.4 Å². The van der Waals surface area contributed by atoms with Crippen molar-refractivity contribution >= 4 is 62.4 Å². The molecule has 63 heavy (non-hydrogen) atoms. The van der Waals surface area contributed by atoms with Gasteiger partial charge in [-0.05, 0) is 79.6 Å². The lowest BCUT2D eigenvalue weighted by molar-refractivity contribution is -0.109. The highest BCUT2D eigenvalue weighted by molar-refractivity contribution is 6.62. The molecule has 4 aromatic heterocycles. The summed E-state index contributed by atoms with van der Waals surface area (Å²) < 4.78 is 8.88. The van der Waals surface area contributed by atoms with Gasteiger partial charge in [0.25, 0.3) is 11.1 Å². The summed E-state index contributed by atoms with van der Waals surface area (Å²) in [7, 11) is 3.22. The minimum Gasteiger partial charge on any atom is -0.397 e. The van der Waals surface area contributed by atoms with Gasteiger partial charge in [-0.2, -0.15) is 0 Å². The molecule has 0 atom stereocenters. The maximum absolute atomic E-state index is 13.2. The second-order valence-electron chi connectivity index (χ2n) is 14.3. The second-order valence-corrected chi connectivity index (χ2v) is 15.7. The maximum Gasteiger partial charge on any atom is 0.332 e. The van der Waals surface area contributed by atoms with Crippen LogP contribution in [-0.2, 0) is 57.9 Å². The summed E-state index contributed by atoms with van der Waals surface area (Å²) in [5, 5.41) is 36.0. The average Bonchev–Trinajstić information content (AvgIpc) is 3.80. The normalized spacial score (nSPS) is 10.9. The number of carbonyl (C=O) groups is 1. The Bertz CT molecular complexity index is 2470. The van der Waals surface area contributed by atoms with Gasteiger partial charge in [0.05, 0.1) is 0 Å². The number of aliphatic hydroxyl groups excluding tert-OH is 4. The SMILES string of the molecule is CC(=O)Cl.CCCCn1c(=O)c2c(nc(CCCO)n2Cc2ccc(Cl)cc2)n(C)c1=O.CCO.Cn1c(=O)n(CCCO)c(=O)c2c1nc(CCCO)n2Cc1ccc(Cl)cc1. The first-order chi connectivity index (χ1) is 30.1. The van der Waals surface area contributed by atoms with Crippen molar-refractivity contribution in [2.75, 3.05) is 26.4 Å². The Hall–Kier alpha value is -4.88. The van der Waals surface area contributed by atoms with Crippen molar-refractivity contribution < 1.29 is 25.2 Å². The topological polar surface area (TPSA) is 222 Å². The van der Waals surface area contributed by atoms with E-state index in [2.05, 4.69) is 21.6 Å². The summed E-state index contributed by atoms with van der Waals surface area (Å²) >= 11 is 16.6. The highest BCUT2D eigenvalue weighted by Gasteiger charge is 2.22. The number of hydrogen-bond acceptors (Lipinski definition) is 11. The van der Waals surface area contributed by atoms with Gasteiger partial charge in [0.1, 0.15) is 11.6 Å². The summed E-state index contributed by atoms with van der Waals surface area (Å²) in [6.07, 6.45) is 3.97. The Morgan fingerprint density at radius 2 is 0.921 bits per heavy atom. The van der Waals surface area contributed by atoms with Crippen molar-refractivity contribution in [1.82, 2.24) is 37.4 Å². The van der Waals surface area contributed by atoms with Crippen LogP contribution < -0.4 is 22.5 Å². The fraction of sp³-hybridized carbons (Fsp3) is 0.465. The summed E-state index contributed by atoms with van der Waals surface area (Å²) in [6, 6.07) is 14.7. The van der Waals surface area contributed by atoms with Crippen LogP contribution >= 0.6 is 34.8 Å². The molecule has 2 aromatic carbocycles. The van der Waals surface area contributed by atoms with Crippen molar-refractivity contribution in [3.05, 3.63) is 123 Å². The Morgan fingerprint density at radius 1 is 0.587 bits per heavy atom. The highest BCUT2D eigenvalue weighted by Crippen LogP contribution is 2.19. The fourth-order valence-electron chi connectivity index (χ4n) is 6.51. The average molecular weight is 936 g/mol. The van der Waals surface area contributed by atoms with Crippen LogP contribution in [0, 0.1) is 0 Å². The standard InChI is InChI=1S/C20H25ClN4O3.C19H23ClN4O4.C2H3ClO.C2H6O/c1-3-4-11-24-19(27)17-18(23(2)20(24)28)22-16(6-5-12-26)25(17)13-14-7-9-15(21)10-8-14;1-22-17-16(18(27)23(19(22)28)9-3-11-26)24(15(21-17)4-2-10-25)12-13-5-7-14(20)8-6-13;1-2(3)4;1-2-3/h7-10,26H,3-6,11-13H2,1-2H3;5-8,25-26H,2-4,9-12H2,1H3;1H3;3H,2H2,1H3. The van der Waals surface area contributed by atoms with E-state index in [9.17, 15) is 34.2 Å². The minimum absolute atomic E-state index is 0.00378. The third-order valence-electron chi connectivity index (χ3n) is 9.52. The summed E-state index contributed by atoms with van der Waals surface area (Å²) in [5.41, 5.74) is 1.80. The van der Waals surface area contributed by atoms with E-state index in [0.717, 1.165) is 28.5 Å². The van der Waals surface area contributed by atoms with E-state index in [-0.39, 0.29) is 49.5 Å². The molecule has 344 valence electrons. The molecular weight excluding hydrogens is 879 g/mol. The van der Waals surface area contributed by atoms with E-state index in [0.29, 0.717) is 95.8 Å². The first-order valence-electron chi connectivity index (χ1n) is 20.6. The Labute approximate surface area is 379 Å². The molecule has 6 rings (SSSR count). The van der Waals surface area contributed by atoms with Crippen LogP contribution in [0.3, 0.4) is 0 Å². The summed E-state index contributed by atoms with van der Waals surface area (Å²) in [6.45, 7) is 6.52. The molecular formula is C43H57Cl3N8O9. The summed E-state index contributed by atoms with van der Waals surface area (Å²) in [5.74, 6) is 1.31. The number of aryl methyl sites for hydroxylation is 4. The van der Waals surface area contributed by atoms with Gasteiger partial charge in [0.2, 0.25) is 5.24 Å². The number of aromatic nitrogens is 8. The number of unbranched alkanes of at least 4 members (excludes halogenated alkanes) is 1. The molecule has 0 radical (unpaired) electrons. The van der Waals surface area contributed by atoms with Crippen LogP contribution in [0.5, 0.6) is 0 Å². The third kappa shape index (κ3) is 14.1. The second kappa shape index (κ2) is 26.0.